The van der Waals surface area contributed by atoms with Gasteiger partial charge in [0.25, 0.3) is 0 Å². The molecule has 0 radical (unpaired) electrons. The van der Waals surface area contributed by atoms with E-state index in [2.05, 4.69) is 37.7 Å². The van der Waals surface area contributed by atoms with Gasteiger partial charge in [0, 0.05) is 31.7 Å². The van der Waals surface area contributed by atoms with Crippen molar-refractivity contribution in [3.63, 3.8) is 0 Å². The molecular formula is C16H23IN4OS. The van der Waals surface area contributed by atoms with Crippen LogP contribution in [0.4, 0.5) is 0 Å². The average Bonchev–Trinajstić information content (AvgIpc) is 3.07. The zero-order chi connectivity index (χ0) is 15.6. The van der Waals surface area contributed by atoms with Crippen molar-refractivity contribution in [1.82, 2.24) is 15.2 Å². The standard InChI is InChI=1S/C16H22N4OS.HI/c1-17-16(20(2)10-7-15-6-4-12-22-15)19-9-11-21-14-5-3-8-18-13-14;/h3-6,8,12-13H,7,9-11H2,1-2H3,(H,17,19);1H. The van der Waals surface area contributed by atoms with E-state index in [-0.39, 0.29) is 24.0 Å². The summed E-state index contributed by atoms with van der Waals surface area (Å²) < 4.78 is 5.60. The lowest BCUT2D eigenvalue weighted by molar-refractivity contribution is 0.318. The average molecular weight is 446 g/mol. The van der Waals surface area contributed by atoms with Crippen molar-refractivity contribution in [2.75, 3.05) is 33.8 Å². The largest absolute Gasteiger partial charge is 0.490 e. The number of ether oxygens (including phenoxy) is 1. The van der Waals surface area contributed by atoms with Crippen LogP contribution in [0.25, 0.3) is 0 Å². The van der Waals surface area contributed by atoms with Crippen LogP contribution in [-0.2, 0) is 6.42 Å². The molecule has 0 bridgehead atoms. The van der Waals surface area contributed by atoms with Crippen molar-refractivity contribution in [2.45, 2.75) is 6.42 Å². The van der Waals surface area contributed by atoms with E-state index in [1.165, 1.54) is 4.88 Å². The Labute approximate surface area is 158 Å². The van der Waals surface area contributed by atoms with Crippen LogP contribution in [-0.4, -0.2) is 49.6 Å². The zero-order valence-electron chi connectivity index (χ0n) is 13.4. The molecule has 0 saturated heterocycles. The fraction of sp³-hybridized carbons (Fsp3) is 0.375. The summed E-state index contributed by atoms with van der Waals surface area (Å²) in [5.41, 5.74) is 0. The van der Waals surface area contributed by atoms with Crippen LogP contribution < -0.4 is 10.1 Å². The Morgan fingerprint density at radius 2 is 2.26 bits per heavy atom. The fourth-order valence-electron chi connectivity index (χ4n) is 1.99. The number of aromatic nitrogens is 1. The van der Waals surface area contributed by atoms with Crippen molar-refractivity contribution in [3.8, 4) is 5.75 Å². The second-order valence-corrected chi connectivity index (χ2v) is 5.79. The summed E-state index contributed by atoms with van der Waals surface area (Å²) in [4.78, 5) is 11.8. The molecule has 5 nitrogen and oxygen atoms in total. The van der Waals surface area contributed by atoms with Gasteiger partial charge in [0.1, 0.15) is 12.4 Å². The summed E-state index contributed by atoms with van der Waals surface area (Å²) in [6, 6.07) is 8.01. The Bertz CT molecular complexity index is 563. The molecule has 0 fully saturated rings. The molecular weight excluding hydrogens is 423 g/mol. The number of guanidine groups is 1. The molecule has 0 aromatic carbocycles. The Morgan fingerprint density at radius 1 is 1.39 bits per heavy atom. The van der Waals surface area contributed by atoms with Crippen LogP contribution >= 0.6 is 35.3 Å². The van der Waals surface area contributed by atoms with Crippen LogP contribution in [0.1, 0.15) is 4.88 Å². The number of likely N-dealkylation sites (N-methyl/N-ethyl adjacent to an activating group) is 1. The van der Waals surface area contributed by atoms with Gasteiger partial charge in [-0.1, -0.05) is 6.07 Å². The molecule has 2 rings (SSSR count). The number of rotatable bonds is 7. The fourth-order valence-corrected chi connectivity index (χ4v) is 2.69. The maximum Gasteiger partial charge on any atom is 0.193 e. The van der Waals surface area contributed by atoms with Crippen LogP contribution in [0, 0.1) is 0 Å². The minimum atomic E-state index is 0. The van der Waals surface area contributed by atoms with E-state index in [1.54, 1.807) is 30.8 Å². The highest BCUT2D eigenvalue weighted by atomic mass is 127. The van der Waals surface area contributed by atoms with E-state index in [4.69, 9.17) is 4.74 Å². The molecule has 7 heteroatoms. The summed E-state index contributed by atoms with van der Waals surface area (Å²) in [7, 11) is 3.84. The lowest BCUT2D eigenvalue weighted by atomic mass is 10.3. The maximum absolute atomic E-state index is 5.60. The van der Waals surface area contributed by atoms with E-state index in [9.17, 15) is 0 Å². The molecule has 1 N–H and O–H groups in total. The molecule has 23 heavy (non-hydrogen) atoms. The van der Waals surface area contributed by atoms with Crippen molar-refractivity contribution in [2.24, 2.45) is 4.99 Å². The molecule has 126 valence electrons. The monoisotopic (exact) mass is 446 g/mol. The molecule has 0 amide bonds. The first-order chi connectivity index (χ1) is 10.8. The summed E-state index contributed by atoms with van der Waals surface area (Å²) in [5.74, 6) is 1.66. The van der Waals surface area contributed by atoms with Gasteiger partial charge in [-0.3, -0.25) is 9.98 Å². The highest BCUT2D eigenvalue weighted by molar-refractivity contribution is 14.0. The van der Waals surface area contributed by atoms with E-state index in [1.807, 2.05) is 19.2 Å². The number of pyridine rings is 1. The molecule has 2 aromatic rings. The maximum atomic E-state index is 5.60. The second kappa shape index (κ2) is 11.2. The number of hydrogen-bond acceptors (Lipinski definition) is 4. The van der Waals surface area contributed by atoms with E-state index >= 15 is 0 Å². The molecule has 0 aliphatic carbocycles. The number of aliphatic imine (C=N–C) groups is 1. The number of hydrogen-bond donors (Lipinski definition) is 1. The van der Waals surface area contributed by atoms with Crippen molar-refractivity contribution in [3.05, 3.63) is 46.9 Å². The third-order valence-electron chi connectivity index (χ3n) is 3.14. The molecule has 0 unspecified atom stereocenters. The number of thiophene rings is 1. The van der Waals surface area contributed by atoms with Crippen LogP contribution in [0.3, 0.4) is 0 Å². The summed E-state index contributed by atoms with van der Waals surface area (Å²) in [6.45, 7) is 2.21. The van der Waals surface area contributed by atoms with Gasteiger partial charge in [0.2, 0.25) is 0 Å². The van der Waals surface area contributed by atoms with Crippen LogP contribution in [0.2, 0.25) is 0 Å². The quantitative estimate of drug-likeness (QED) is 0.308. The SMILES string of the molecule is CN=C(NCCOc1cccnc1)N(C)CCc1cccs1.I. The molecule has 0 aliphatic heterocycles. The van der Waals surface area contributed by atoms with E-state index in [0.29, 0.717) is 13.2 Å². The third-order valence-corrected chi connectivity index (χ3v) is 4.07. The van der Waals surface area contributed by atoms with Gasteiger partial charge in [-0.05, 0) is 30.0 Å². The molecule has 0 atom stereocenters. The Hall–Kier alpha value is -1.35. The Kier molecular flexibility index (Phi) is 9.61. The lowest BCUT2D eigenvalue weighted by Crippen LogP contribution is -2.41. The number of nitrogens with zero attached hydrogens (tertiary/aromatic N) is 3. The Morgan fingerprint density at radius 3 is 2.91 bits per heavy atom. The van der Waals surface area contributed by atoms with Gasteiger partial charge in [0.05, 0.1) is 12.7 Å². The topological polar surface area (TPSA) is 49.8 Å². The summed E-state index contributed by atoms with van der Waals surface area (Å²) in [6.07, 6.45) is 4.47. The predicted octanol–water partition coefficient (Wildman–Crippen LogP) is 2.89. The van der Waals surface area contributed by atoms with Gasteiger partial charge < -0.3 is 15.0 Å². The summed E-state index contributed by atoms with van der Waals surface area (Å²) >= 11 is 1.79. The minimum absolute atomic E-state index is 0. The van der Waals surface area contributed by atoms with Crippen LogP contribution in [0.5, 0.6) is 5.75 Å². The lowest BCUT2D eigenvalue weighted by Gasteiger charge is -2.21. The normalized spacial score (nSPS) is 10.8. The van der Waals surface area contributed by atoms with Gasteiger partial charge in [0.15, 0.2) is 5.96 Å². The first kappa shape index (κ1) is 19.7. The highest BCUT2D eigenvalue weighted by Crippen LogP contribution is 2.09. The van der Waals surface area contributed by atoms with Crippen molar-refractivity contribution < 1.29 is 4.74 Å². The first-order valence-corrected chi connectivity index (χ1v) is 8.14. The molecule has 2 aromatic heterocycles. The van der Waals surface area contributed by atoms with Gasteiger partial charge in [-0.2, -0.15) is 0 Å². The van der Waals surface area contributed by atoms with Crippen molar-refractivity contribution >= 4 is 41.3 Å². The molecule has 2 heterocycles. The van der Waals surface area contributed by atoms with E-state index in [0.717, 1.165) is 24.7 Å². The Balaban J connectivity index is 0.00000264. The molecule has 0 saturated carbocycles. The minimum Gasteiger partial charge on any atom is -0.490 e. The van der Waals surface area contributed by atoms with Crippen molar-refractivity contribution in [1.29, 1.82) is 0 Å². The molecule has 0 aliphatic rings. The summed E-state index contributed by atoms with van der Waals surface area (Å²) in [5, 5.41) is 5.41. The first-order valence-electron chi connectivity index (χ1n) is 7.26. The molecule has 0 spiro atoms. The number of nitrogens with one attached hydrogen (secondary N) is 1. The predicted molar refractivity (Wildman–Crippen MR) is 107 cm³/mol. The third kappa shape index (κ3) is 7.17. The van der Waals surface area contributed by atoms with Crippen LogP contribution in [0.15, 0.2) is 47.0 Å². The number of halogens is 1. The smallest absolute Gasteiger partial charge is 0.193 e. The van der Waals surface area contributed by atoms with Gasteiger partial charge in [-0.25, -0.2) is 0 Å². The van der Waals surface area contributed by atoms with Gasteiger partial charge in [-0.15, -0.1) is 35.3 Å². The van der Waals surface area contributed by atoms with E-state index < -0.39 is 0 Å². The zero-order valence-corrected chi connectivity index (χ0v) is 16.6. The second-order valence-electron chi connectivity index (χ2n) is 4.76. The van der Waals surface area contributed by atoms with Gasteiger partial charge >= 0.3 is 0 Å². The highest BCUT2D eigenvalue weighted by Gasteiger charge is 2.06.